The number of morpholine rings is 1. The van der Waals surface area contributed by atoms with Gasteiger partial charge in [-0.05, 0) is 74.7 Å². The van der Waals surface area contributed by atoms with Crippen LogP contribution in [0.15, 0.2) is 70.4 Å². The van der Waals surface area contributed by atoms with E-state index in [-0.39, 0.29) is 35.8 Å². The first-order valence-electron chi connectivity index (χ1n) is 17.7. The lowest BCUT2D eigenvalue weighted by Crippen LogP contribution is -2.59. The zero-order valence-electron chi connectivity index (χ0n) is 29.5. The minimum atomic E-state index is -0.767. The van der Waals surface area contributed by atoms with Crippen molar-refractivity contribution in [2.24, 2.45) is 0 Å². The number of anilines is 2. The standard InChI is InChI=1S/C38H43FN8O4/c1-24(44-21-26(39)22-44)32-23-43(17-18-51-32)27-9-10-28-30(20-27)40-33(13-16-47-37(50)46-14-6-5-7-34(46)41-47)45(35(28)48)15-12-25-8-11-29-31(19-25)42(4)36(49)38(29,2)3/h5-11,14,19-20,24,26,32H,12-13,15-18,21-23H2,1-4H3/t24-,32+/m0/s1. The van der Waals surface area contributed by atoms with Gasteiger partial charge in [-0.2, -0.15) is 0 Å². The molecule has 13 heteroatoms. The number of aryl methyl sites for hydroxylation is 3. The first kappa shape index (κ1) is 33.3. The van der Waals surface area contributed by atoms with Crippen molar-refractivity contribution in [3.63, 3.8) is 0 Å². The Labute approximate surface area is 294 Å². The summed E-state index contributed by atoms with van der Waals surface area (Å²) >= 11 is 0. The Morgan fingerprint density at radius 1 is 1.00 bits per heavy atom. The minimum absolute atomic E-state index is 0.0571. The normalized spacial score (nSPS) is 19.9. The maximum Gasteiger partial charge on any atom is 0.350 e. The summed E-state index contributed by atoms with van der Waals surface area (Å²) in [6.45, 7) is 9.38. The van der Waals surface area contributed by atoms with E-state index in [1.165, 1.54) is 9.08 Å². The molecule has 51 heavy (non-hydrogen) atoms. The molecule has 6 heterocycles. The maximum atomic E-state index is 14.2. The van der Waals surface area contributed by atoms with Gasteiger partial charge in [-0.25, -0.2) is 18.9 Å². The lowest BCUT2D eigenvalue weighted by atomic mass is 9.86. The summed E-state index contributed by atoms with van der Waals surface area (Å²) in [7, 11) is 1.80. The third kappa shape index (κ3) is 5.81. The van der Waals surface area contributed by atoms with Gasteiger partial charge in [0.25, 0.3) is 5.56 Å². The largest absolute Gasteiger partial charge is 0.373 e. The molecule has 8 rings (SSSR count). The van der Waals surface area contributed by atoms with Crippen LogP contribution in [-0.4, -0.2) is 92.7 Å². The lowest BCUT2D eigenvalue weighted by molar-refractivity contribution is -0.121. The number of rotatable bonds is 9. The highest BCUT2D eigenvalue weighted by molar-refractivity contribution is 6.07. The molecule has 0 spiro atoms. The Morgan fingerprint density at radius 3 is 2.61 bits per heavy atom. The molecular formula is C38H43FN8O4. The number of nitrogens with zero attached hydrogens (tertiary/aromatic N) is 8. The number of pyridine rings is 1. The zero-order valence-corrected chi connectivity index (χ0v) is 29.5. The van der Waals surface area contributed by atoms with Gasteiger partial charge in [0.15, 0.2) is 5.65 Å². The predicted molar refractivity (Wildman–Crippen MR) is 194 cm³/mol. The molecule has 0 N–H and O–H groups in total. The summed E-state index contributed by atoms with van der Waals surface area (Å²) in [4.78, 5) is 51.4. The van der Waals surface area contributed by atoms with Gasteiger partial charge in [0.2, 0.25) is 5.91 Å². The van der Waals surface area contributed by atoms with Crippen molar-refractivity contribution < 1.29 is 13.9 Å². The van der Waals surface area contributed by atoms with Crippen molar-refractivity contribution in [1.29, 1.82) is 0 Å². The number of benzene rings is 2. The number of alkyl halides is 1. The molecule has 3 aromatic heterocycles. The monoisotopic (exact) mass is 694 g/mol. The van der Waals surface area contributed by atoms with Crippen molar-refractivity contribution in [1.82, 2.24) is 28.6 Å². The molecular weight excluding hydrogens is 651 g/mol. The third-order valence-corrected chi connectivity index (χ3v) is 11.1. The number of hydrogen-bond donors (Lipinski definition) is 0. The van der Waals surface area contributed by atoms with E-state index in [1.807, 2.05) is 56.3 Å². The molecule has 5 aromatic rings. The molecule has 3 aliphatic rings. The molecule has 2 fully saturated rings. The van der Waals surface area contributed by atoms with Crippen molar-refractivity contribution in [3.05, 3.63) is 98.6 Å². The number of carbonyl (C=O) groups excluding carboxylic acids is 1. The van der Waals surface area contributed by atoms with E-state index < -0.39 is 11.6 Å². The molecule has 1 amide bonds. The molecule has 0 aliphatic carbocycles. The molecule has 0 unspecified atom stereocenters. The molecule has 2 atom stereocenters. The number of likely N-dealkylation sites (N-methyl/N-ethyl adjacent to an activating group) is 1. The fourth-order valence-electron chi connectivity index (χ4n) is 7.84. The van der Waals surface area contributed by atoms with Gasteiger partial charge >= 0.3 is 5.69 Å². The smallest absolute Gasteiger partial charge is 0.350 e. The molecule has 2 aromatic carbocycles. The second-order valence-electron chi connectivity index (χ2n) is 14.6. The van der Waals surface area contributed by atoms with Gasteiger partial charge in [-0.15, -0.1) is 5.10 Å². The molecule has 0 bridgehead atoms. The lowest BCUT2D eigenvalue weighted by Gasteiger charge is -2.45. The Balaban J connectivity index is 1.10. The van der Waals surface area contributed by atoms with Crippen LogP contribution < -0.4 is 21.0 Å². The highest BCUT2D eigenvalue weighted by Crippen LogP contribution is 2.41. The van der Waals surface area contributed by atoms with Crippen molar-refractivity contribution >= 4 is 33.8 Å². The second kappa shape index (κ2) is 12.7. The van der Waals surface area contributed by atoms with E-state index >= 15 is 0 Å². The minimum Gasteiger partial charge on any atom is -0.373 e. The second-order valence-corrected chi connectivity index (χ2v) is 14.6. The van der Waals surface area contributed by atoms with Gasteiger partial charge in [-0.3, -0.25) is 23.5 Å². The summed E-state index contributed by atoms with van der Waals surface area (Å²) in [5.41, 5.74) is 3.99. The summed E-state index contributed by atoms with van der Waals surface area (Å²) < 4.78 is 24.3. The van der Waals surface area contributed by atoms with Crippen LogP contribution in [0.25, 0.3) is 16.6 Å². The quantitative estimate of drug-likeness (QED) is 0.232. The average molecular weight is 695 g/mol. The van der Waals surface area contributed by atoms with Crippen LogP contribution in [0.4, 0.5) is 15.8 Å². The van der Waals surface area contributed by atoms with E-state index in [4.69, 9.17) is 9.72 Å². The van der Waals surface area contributed by atoms with Crippen LogP contribution in [0, 0.1) is 0 Å². The van der Waals surface area contributed by atoms with Gasteiger partial charge in [0, 0.05) is 69.8 Å². The summed E-state index contributed by atoms with van der Waals surface area (Å²) in [6.07, 6.45) is 1.72. The highest BCUT2D eigenvalue weighted by Gasteiger charge is 2.42. The highest BCUT2D eigenvalue weighted by atomic mass is 19.1. The van der Waals surface area contributed by atoms with Crippen molar-refractivity contribution in [2.45, 2.75) is 70.4 Å². The molecule has 0 radical (unpaired) electrons. The molecule has 2 saturated heterocycles. The van der Waals surface area contributed by atoms with Crippen LogP contribution in [0.3, 0.4) is 0 Å². The van der Waals surface area contributed by atoms with Gasteiger partial charge < -0.3 is 14.5 Å². The van der Waals surface area contributed by atoms with Gasteiger partial charge in [-0.1, -0.05) is 18.2 Å². The van der Waals surface area contributed by atoms with Gasteiger partial charge in [0.1, 0.15) is 12.0 Å². The number of hydrogen-bond acceptors (Lipinski definition) is 8. The SMILES string of the molecule is C[C@@H]([C@H]1CN(c2ccc3c(=O)n(CCc4ccc5c(c4)N(C)C(=O)C5(C)C)c(CCn4nc5ccccn5c4=O)nc3c2)CCO1)N1CC(F)C1. The molecule has 0 saturated carbocycles. The number of fused-ring (bicyclic) bond motifs is 3. The van der Waals surface area contributed by atoms with Crippen molar-refractivity contribution in [2.75, 3.05) is 49.6 Å². The average Bonchev–Trinajstić information content (AvgIpc) is 3.53. The number of ether oxygens (including phenoxy) is 1. The maximum absolute atomic E-state index is 14.2. The predicted octanol–water partition coefficient (Wildman–Crippen LogP) is 3.19. The van der Waals surface area contributed by atoms with Crippen molar-refractivity contribution in [3.8, 4) is 0 Å². The van der Waals surface area contributed by atoms with Crippen LogP contribution in [0.2, 0.25) is 0 Å². The summed E-state index contributed by atoms with van der Waals surface area (Å²) in [5, 5.41) is 5.01. The van der Waals surface area contributed by atoms with Crippen LogP contribution in [-0.2, 0) is 40.9 Å². The Kier molecular flexibility index (Phi) is 8.29. The Bertz CT molecular complexity index is 2270. The van der Waals surface area contributed by atoms with E-state index in [9.17, 15) is 18.8 Å². The number of aromatic nitrogens is 5. The number of halogens is 1. The van der Waals surface area contributed by atoms with Crippen LogP contribution in [0.5, 0.6) is 0 Å². The first-order valence-corrected chi connectivity index (χ1v) is 17.7. The van der Waals surface area contributed by atoms with Crippen LogP contribution >= 0.6 is 0 Å². The zero-order chi connectivity index (χ0) is 35.6. The fourth-order valence-corrected chi connectivity index (χ4v) is 7.84. The summed E-state index contributed by atoms with van der Waals surface area (Å²) in [5.74, 6) is 0.622. The van der Waals surface area contributed by atoms with Crippen LogP contribution in [0.1, 0.15) is 37.7 Å². The molecule has 266 valence electrons. The third-order valence-electron chi connectivity index (χ3n) is 11.1. The number of likely N-dealkylation sites (tertiary alicyclic amines) is 1. The number of carbonyl (C=O) groups is 1. The van der Waals surface area contributed by atoms with E-state index in [0.717, 1.165) is 22.5 Å². The first-order chi connectivity index (χ1) is 24.5. The molecule has 12 nitrogen and oxygen atoms in total. The van der Waals surface area contributed by atoms with E-state index in [2.05, 4.69) is 21.8 Å². The van der Waals surface area contributed by atoms with Gasteiger partial charge in [0.05, 0.1) is 35.6 Å². The number of amides is 1. The molecule has 3 aliphatic heterocycles. The Hall–Kier alpha value is -4.88. The topological polar surface area (TPSA) is 110 Å². The summed E-state index contributed by atoms with van der Waals surface area (Å²) in [6, 6.07) is 17.4. The fraction of sp³-hybridized carbons (Fsp3) is 0.447. The van der Waals surface area contributed by atoms with E-state index in [0.29, 0.717) is 74.5 Å². The Morgan fingerprint density at radius 2 is 1.82 bits per heavy atom. The van der Waals surface area contributed by atoms with E-state index in [1.54, 1.807) is 34.8 Å².